The second-order valence-corrected chi connectivity index (χ2v) is 12.1. The predicted molar refractivity (Wildman–Crippen MR) is 123 cm³/mol. The third-order valence-corrected chi connectivity index (χ3v) is 7.95. The molecule has 1 aliphatic heterocycles. The number of aryl methyl sites for hydroxylation is 1. The van der Waals surface area contributed by atoms with E-state index >= 15 is 0 Å². The van der Waals surface area contributed by atoms with E-state index in [1.807, 2.05) is 45.0 Å². The molecule has 0 saturated heterocycles. The average Bonchev–Trinajstić information content (AvgIpc) is 2.96. The number of fused-ring (bicyclic) bond motifs is 1. The summed E-state index contributed by atoms with van der Waals surface area (Å²) in [6.45, 7) is 12.4. The van der Waals surface area contributed by atoms with Gasteiger partial charge in [0.1, 0.15) is 5.60 Å². The van der Waals surface area contributed by atoms with Crippen molar-refractivity contribution in [1.29, 1.82) is 0 Å². The van der Waals surface area contributed by atoms with E-state index in [4.69, 9.17) is 9.47 Å². The minimum atomic E-state index is -1.64. The summed E-state index contributed by atoms with van der Waals surface area (Å²) in [5.41, 5.74) is 2.94. The van der Waals surface area contributed by atoms with E-state index < -0.39 is 16.1 Å². The lowest BCUT2D eigenvalue weighted by atomic mass is 9.86. The number of para-hydroxylation sites is 1. The monoisotopic (exact) mass is 447 g/mol. The summed E-state index contributed by atoms with van der Waals surface area (Å²) < 4.78 is 25.3. The van der Waals surface area contributed by atoms with Crippen LogP contribution in [0.15, 0.2) is 41.3 Å². The van der Waals surface area contributed by atoms with Gasteiger partial charge in [-0.25, -0.2) is 13.3 Å². The highest BCUT2D eigenvalue weighted by Crippen LogP contribution is 2.42. The van der Waals surface area contributed by atoms with Crippen LogP contribution in [0.4, 0.5) is 4.79 Å². The molecular formula is C23H29NO4S2. The van der Waals surface area contributed by atoms with Crippen molar-refractivity contribution >= 4 is 26.9 Å². The van der Waals surface area contributed by atoms with Gasteiger partial charge in [-0.2, -0.15) is 0 Å². The van der Waals surface area contributed by atoms with Crippen LogP contribution in [-0.2, 0) is 21.9 Å². The first-order valence-electron chi connectivity index (χ1n) is 9.85. The molecule has 30 heavy (non-hydrogen) atoms. The normalized spacial score (nSPS) is 15.8. The van der Waals surface area contributed by atoms with E-state index in [2.05, 4.69) is 26.8 Å². The molecule has 1 unspecified atom stereocenters. The van der Waals surface area contributed by atoms with Crippen molar-refractivity contribution in [2.24, 2.45) is 0 Å². The molecule has 0 fully saturated rings. The average molecular weight is 448 g/mol. The number of carbonyl (C=O) groups excluding carboxylic acids is 1. The smallest absolute Gasteiger partial charge is 0.427 e. The van der Waals surface area contributed by atoms with Gasteiger partial charge in [-0.05, 0) is 60.2 Å². The van der Waals surface area contributed by atoms with Crippen molar-refractivity contribution in [3.63, 3.8) is 0 Å². The highest BCUT2D eigenvalue weighted by atomic mass is 33.1. The largest absolute Gasteiger partial charge is 0.483 e. The zero-order valence-electron chi connectivity index (χ0n) is 18.6. The van der Waals surface area contributed by atoms with Crippen molar-refractivity contribution < 1.29 is 18.5 Å². The Balaban J connectivity index is 1.69. The Bertz CT molecular complexity index is 995. The van der Waals surface area contributed by atoms with Crippen LogP contribution in [0, 0.1) is 6.92 Å². The summed E-state index contributed by atoms with van der Waals surface area (Å²) in [7, 11) is 0.962. The van der Waals surface area contributed by atoms with Gasteiger partial charge in [-0.15, -0.1) is 0 Å². The molecule has 1 aliphatic rings. The van der Waals surface area contributed by atoms with Crippen LogP contribution in [-0.4, -0.2) is 27.3 Å². The number of benzene rings is 2. The van der Waals surface area contributed by atoms with Gasteiger partial charge >= 0.3 is 6.09 Å². The van der Waals surface area contributed by atoms with Crippen LogP contribution in [0.2, 0.25) is 0 Å². The molecule has 5 nitrogen and oxygen atoms in total. The van der Waals surface area contributed by atoms with Crippen molar-refractivity contribution in [3.05, 3.63) is 53.1 Å². The molecule has 0 radical (unpaired) electrons. The predicted octanol–water partition coefficient (Wildman–Crippen LogP) is 5.81. The molecule has 1 heterocycles. The van der Waals surface area contributed by atoms with E-state index in [1.165, 1.54) is 12.6 Å². The second-order valence-electron chi connectivity index (χ2n) is 9.18. The molecule has 2 aromatic carbocycles. The van der Waals surface area contributed by atoms with Crippen LogP contribution in [0.3, 0.4) is 0 Å². The van der Waals surface area contributed by atoms with Crippen LogP contribution in [0.5, 0.6) is 11.5 Å². The van der Waals surface area contributed by atoms with Gasteiger partial charge in [0.05, 0.1) is 0 Å². The zero-order chi connectivity index (χ0) is 22.3. The molecule has 0 N–H and O–H groups in total. The van der Waals surface area contributed by atoms with Crippen molar-refractivity contribution in [1.82, 2.24) is 4.31 Å². The zero-order valence-corrected chi connectivity index (χ0v) is 20.2. The minimum absolute atomic E-state index is 0.0419. The van der Waals surface area contributed by atoms with Crippen molar-refractivity contribution in [2.75, 3.05) is 7.05 Å². The first-order valence-corrected chi connectivity index (χ1v) is 12.3. The maximum Gasteiger partial charge on any atom is 0.427 e. The molecule has 3 rings (SSSR count). The fraction of sp³-hybridized carbons (Fsp3) is 0.435. The van der Waals surface area contributed by atoms with Crippen LogP contribution in [0.25, 0.3) is 0 Å². The quantitative estimate of drug-likeness (QED) is 0.554. The third kappa shape index (κ3) is 5.01. The third-order valence-electron chi connectivity index (χ3n) is 4.93. The van der Waals surface area contributed by atoms with Crippen molar-refractivity contribution in [3.8, 4) is 11.5 Å². The SMILES string of the molecule is Cc1cc(C(C)(C)C)ccc1SS(=O)N(C)C(=O)Oc1cccc2c1OC(C)(C)C2. The Labute approximate surface area is 185 Å². The molecule has 1 atom stereocenters. The molecule has 0 saturated carbocycles. The minimum Gasteiger partial charge on any atom is -0.483 e. The molecule has 0 spiro atoms. The van der Waals surface area contributed by atoms with Crippen LogP contribution < -0.4 is 9.47 Å². The topological polar surface area (TPSA) is 55.8 Å². The first-order chi connectivity index (χ1) is 13.9. The molecule has 2 aromatic rings. The van der Waals surface area contributed by atoms with Crippen molar-refractivity contribution in [2.45, 2.75) is 63.9 Å². The van der Waals surface area contributed by atoms with Crippen LogP contribution in [0.1, 0.15) is 51.3 Å². The van der Waals surface area contributed by atoms with Crippen LogP contribution >= 0.6 is 10.8 Å². The number of ether oxygens (including phenoxy) is 2. The Morgan fingerprint density at radius 2 is 1.93 bits per heavy atom. The molecule has 162 valence electrons. The first kappa shape index (κ1) is 22.7. The molecule has 7 heteroatoms. The van der Waals surface area contributed by atoms with Gasteiger partial charge in [0.25, 0.3) is 0 Å². The number of amides is 1. The van der Waals surface area contributed by atoms with E-state index in [1.54, 1.807) is 6.07 Å². The second kappa shape index (κ2) is 8.27. The van der Waals surface area contributed by atoms with E-state index in [0.29, 0.717) is 11.5 Å². The summed E-state index contributed by atoms with van der Waals surface area (Å²) in [6, 6.07) is 11.6. The summed E-state index contributed by atoms with van der Waals surface area (Å²) in [6.07, 6.45) is 0.0568. The lowest BCUT2D eigenvalue weighted by Gasteiger charge is -2.21. The standard InChI is InChI=1S/C23H29NO4S2/c1-15-13-17(22(2,3)4)11-12-19(15)29-30(26)24(7)21(25)27-18-10-8-9-16-14-23(5,6)28-20(16)18/h8-13H,14H2,1-7H3. The Hall–Kier alpha value is -1.99. The molecule has 0 bridgehead atoms. The highest BCUT2D eigenvalue weighted by molar-refractivity contribution is 8.68. The lowest BCUT2D eigenvalue weighted by molar-refractivity contribution is 0.131. The van der Waals surface area contributed by atoms with Gasteiger partial charge in [-0.3, -0.25) is 0 Å². The fourth-order valence-electron chi connectivity index (χ4n) is 3.23. The Kier molecular flexibility index (Phi) is 6.25. The van der Waals surface area contributed by atoms with E-state index in [-0.39, 0.29) is 11.0 Å². The number of rotatable bonds is 4. The van der Waals surface area contributed by atoms with Gasteiger partial charge in [0, 0.05) is 23.9 Å². The van der Waals surface area contributed by atoms with E-state index in [0.717, 1.165) is 37.5 Å². The summed E-state index contributed by atoms with van der Waals surface area (Å²) >= 11 is 0. The van der Waals surface area contributed by atoms with E-state index in [9.17, 15) is 9.00 Å². The Morgan fingerprint density at radius 1 is 1.23 bits per heavy atom. The molecular weight excluding hydrogens is 418 g/mol. The highest BCUT2D eigenvalue weighted by Gasteiger charge is 2.33. The summed E-state index contributed by atoms with van der Waals surface area (Å²) in [5.74, 6) is 0.930. The number of hydrogen-bond donors (Lipinski definition) is 0. The molecule has 0 aliphatic carbocycles. The Morgan fingerprint density at radius 3 is 2.57 bits per heavy atom. The number of hydrogen-bond acceptors (Lipinski definition) is 5. The van der Waals surface area contributed by atoms with Gasteiger partial charge in [0.2, 0.25) is 0 Å². The fourth-order valence-corrected chi connectivity index (χ4v) is 5.51. The maximum absolute atomic E-state index is 12.8. The molecule has 0 aromatic heterocycles. The number of nitrogens with zero attached hydrogens (tertiary/aromatic N) is 1. The maximum atomic E-state index is 12.8. The number of carbonyl (C=O) groups is 1. The summed E-state index contributed by atoms with van der Waals surface area (Å²) in [4.78, 5) is 13.5. The van der Waals surface area contributed by atoms with Gasteiger partial charge in [-0.1, -0.05) is 45.0 Å². The van der Waals surface area contributed by atoms with Gasteiger partial charge in [0.15, 0.2) is 21.5 Å². The summed E-state index contributed by atoms with van der Waals surface area (Å²) in [5, 5.41) is 0. The lowest BCUT2D eigenvalue weighted by Crippen LogP contribution is -2.30. The molecule has 1 amide bonds. The van der Waals surface area contributed by atoms with Gasteiger partial charge < -0.3 is 9.47 Å².